The van der Waals surface area contributed by atoms with Crippen LogP contribution >= 0.6 is 8.69 Å². The van der Waals surface area contributed by atoms with Gasteiger partial charge in [0.2, 0.25) is 0 Å². The number of rotatable bonds is 6. The minimum Gasteiger partial charge on any atom is -0.310 e. The van der Waals surface area contributed by atoms with E-state index in [1.165, 1.54) is 36.2 Å². The largest absolute Gasteiger partial charge is 0.324 e. The lowest BCUT2D eigenvalue weighted by Crippen LogP contribution is -1.87. The van der Waals surface area contributed by atoms with Crippen molar-refractivity contribution >= 4 is 23.9 Å². The lowest BCUT2D eigenvalue weighted by atomic mass is 10.4. The van der Waals surface area contributed by atoms with Crippen LogP contribution in [0.25, 0.3) is 0 Å². The van der Waals surface area contributed by atoms with Gasteiger partial charge in [0, 0.05) is 0 Å². The molecule has 0 saturated carbocycles. The first-order chi connectivity index (χ1) is 5.83. The molecule has 0 rings (SSSR count). The lowest BCUT2D eigenvalue weighted by Gasteiger charge is -1.93. The molecule has 0 bridgehead atoms. The smallest absolute Gasteiger partial charge is 0.310 e. The standard InChI is InChI=1S/2C4H9.Al.HO2P/c2*1-3-4-2;;1-3-2/h2*1,3-4H2,2H3;;(H,1,2). The monoisotopic (exact) mass is 205 g/mol. The van der Waals surface area contributed by atoms with Gasteiger partial charge < -0.3 is 4.89 Å². The summed E-state index contributed by atoms with van der Waals surface area (Å²) in [6.07, 6.45) is 5.72. The van der Waals surface area contributed by atoms with E-state index < -0.39 is 8.69 Å². The van der Waals surface area contributed by atoms with Crippen molar-refractivity contribution in [2.24, 2.45) is 0 Å². The van der Waals surface area contributed by atoms with Gasteiger partial charge in [0.25, 0.3) is 0 Å². The molecule has 0 amide bonds. The molecule has 1 radical (unpaired) electrons. The zero-order chi connectivity index (χ0) is 9.66. The molecule has 0 unspecified atom stereocenters. The van der Waals surface area contributed by atoms with E-state index >= 15 is 0 Å². The van der Waals surface area contributed by atoms with Crippen molar-refractivity contribution in [2.45, 2.75) is 50.1 Å². The summed E-state index contributed by atoms with van der Waals surface area (Å²) in [4.78, 5) is 6.99. The van der Waals surface area contributed by atoms with Crippen LogP contribution < -0.4 is 0 Å². The quantitative estimate of drug-likeness (QED) is 0.410. The van der Waals surface area contributed by atoms with Crippen molar-refractivity contribution in [1.82, 2.24) is 0 Å². The minimum atomic E-state index is -0.833. The molecule has 0 aromatic heterocycles. The van der Waals surface area contributed by atoms with E-state index in [0.717, 1.165) is 15.2 Å². The predicted molar refractivity (Wildman–Crippen MR) is 55.0 cm³/mol. The van der Waals surface area contributed by atoms with Crippen LogP contribution in [0.1, 0.15) is 39.5 Å². The summed E-state index contributed by atoms with van der Waals surface area (Å²) >= 11 is 0.818. The Kier molecular flexibility index (Phi) is 22.1. The first-order valence-electron chi connectivity index (χ1n) is 4.61. The summed E-state index contributed by atoms with van der Waals surface area (Å²) in [7, 11) is -0.833. The Bertz CT molecular complexity index is 75.5. The average Bonchev–Trinajstić information content (AvgIpc) is 2.06. The van der Waals surface area contributed by atoms with Crippen LogP contribution in [0.5, 0.6) is 0 Å². The van der Waals surface area contributed by atoms with Crippen molar-refractivity contribution in [3.05, 3.63) is 0 Å². The van der Waals surface area contributed by atoms with Crippen LogP contribution in [-0.4, -0.2) is 20.1 Å². The van der Waals surface area contributed by atoms with E-state index in [1.807, 2.05) is 0 Å². The van der Waals surface area contributed by atoms with Crippen LogP contribution in [0.2, 0.25) is 10.6 Å². The van der Waals surface area contributed by atoms with Crippen LogP contribution in [0.3, 0.4) is 0 Å². The molecule has 4 heteroatoms. The maximum absolute atomic E-state index is 8.46. The Labute approximate surface area is 83.8 Å². The maximum atomic E-state index is 8.46. The average molecular weight is 205 g/mol. The van der Waals surface area contributed by atoms with E-state index in [1.54, 1.807) is 0 Å². The van der Waals surface area contributed by atoms with Crippen molar-refractivity contribution in [2.75, 3.05) is 0 Å². The fraction of sp³-hybridized carbons (Fsp3) is 1.00. The summed E-state index contributed by atoms with van der Waals surface area (Å²) in [6, 6.07) is 0. The Morgan fingerprint density at radius 2 is 1.50 bits per heavy atom. The molecule has 2 nitrogen and oxygen atoms in total. The van der Waals surface area contributed by atoms with E-state index in [-0.39, 0.29) is 0 Å². The van der Waals surface area contributed by atoms with E-state index in [9.17, 15) is 0 Å². The maximum Gasteiger partial charge on any atom is 0.324 e. The van der Waals surface area contributed by atoms with Gasteiger partial charge in [-0.2, -0.15) is 0 Å². The van der Waals surface area contributed by atoms with E-state index in [2.05, 4.69) is 13.8 Å². The molecule has 12 heavy (non-hydrogen) atoms. The number of hydrogen-bond acceptors (Lipinski definition) is 1. The van der Waals surface area contributed by atoms with Gasteiger partial charge in [0.15, 0.2) is 15.2 Å². The number of unbranched alkanes of at least 4 members (excludes halogenated alkanes) is 2. The second-order valence-electron chi connectivity index (χ2n) is 2.65. The molecule has 0 saturated heterocycles. The molecule has 0 aromatic carbocycles. The van der Waals surface area contributed by atoms with Gasteiger partial charge in [-0.3, -0.25) is 0 Å². The van der Waals surface area contributed by atoms with E-state index in [4.69, 9.17) is 9.46 Å². The summed E-state index contributed by atoms with van der Waals surface area (Å²) in [6.45, 7) is 4.55. The number of hydrogen-bond donors (Lipinski definition) is 1. The topological polar surface area (TPSA) is 37.3 Å². The highest BCUT2D eigenvalue weighted by atomic mass is 31.1. The molecule has 0 heterocycles. The molecule has 0 spiro atoms. The van der Waals surface area contributed by atoms with Crippen LogP contribution in [0.15, 0.2) is 0 Å². The molecular weight excluding hydrogens is 186 g/mol. The van der Waals surface area contributed by atoms with Crippen molar-refractivity contribution in [1.29, 1.82) is 0 Å². The fourth-order valence-corrected chi connectivity index (χ4v) is 2.52. The normalized spacial score (nSPS) is 8.92. The van der Waals surface area contributed by atoms with Crippen LogP contribution in [0, 0.1) is 0 Å². The Hall–Kier alpha value is 0.592. The summed E-state index contributed by atoms with van der Waals surface area (Å²) < 4.78 is 8.46. The summed E-state index contributed by atoms with van der Waals surface area (Å²) in [5.41, 5.74) is 0. The third-order valence-corrected chi connectivity index (χ3v) is 3.16. The molecule has 0 fully saturated rings. The first-order valence-corrected chi connectivity index (χ1v) is 7.01. The molecule has 0 aliphatic rings. The summed E-state index contributed by atoms with van der Waals surface area (Å²) in [5, 5.41) is 3.08. The predicted octanol–water partition coefficient (Wildman–Crippen LogP) is 3.31. The molecule has 0 aliphatic heterocycles. The van der Waals surface area contributed by atoms with Crippen LogP contribution in [-0.2, 0) is 4.57 Å². The molecule has 0 aliphatic carbocycles. The van der Waals surface area contributed by atoms with Crippen LogP contribution in [0.4, 0.5) is 0 Å². The zero-order valence-corrected chi connectivity index (χ0v) is 10.2. The highest BCUT2D eigenvalue weighted by molar-refractivity contribution is 7.16. The fourth-order valence-electron chi connectivity index (χ4n) is 0.841. The van der Waals surface area contributed by atoms with E-state index in [0.29, 0.717) is 0 Å². The Balaban J connectivity index is 0. The third-order valence-electron chi connectivity index (χ3n) is 1.52. The molecule has 0 atom stereocenters. The minimum absolute atomic E-state index is 0.818. The Morgan fingerprint density at radius 3 is 1.75 bits per heavy atom. The second kappa shape index (κ2) is 17.6. The van der Waals surface area contributed by atoms with Gasteiger partial charge in [-0.15, -0.1) is 10.6 Å². The van der Waals surface area contributed by atoms with Gasteiger partial charge in [-0.25, -0.2) is 4.57 Å². The van der Waals surface area contributed by atoms with Gasteiger partial charge in [-0.05, 0) is 0 Å². The SMILES string of the molecule is CCC[CH2][Al][CH2]CCC.O=PO. The summed E-state index contributed by atoms with van der Waals surface area (Å²) in [5.74, 6) is 0. The Morgan fingerprint density at radius 1 is 1.17 bits per heavy atom. The zero-order valence-electron chi connectivity index (χ0n) is 8.12. The van der Waals surface area contributed by atoms with Gasteiger partial charge >= 0.3 is 8.69 Å². The molecule has 71 valence electrons. The molecular formula is C8H19AlO2P. The second-order valence-corrected chi connectivity index (χ2v) is 4.55. The van der Waals surface area contributed by atoms with Crippen molar-refractivity contribution in [3.63, 3.8) is 0 Å². The van der Waals surface area contributed by atoms with Gasteiger partial charge in [0.1, 0.15) is 0 Å². The highest BCUT2D eigenvalue weighted by Gasteiger charge is 1.89. The molecule has 0 aromatic rings. The van der Waals surface area contributed by atoms with Crippen molar-refractivity contribution in [3.8, 4) is 0 Å². The third kappa shape index (κ3) is 22.4. The lowest BCUT2D eigenvalue weighted by molar-refractivity contribution is 0.524. The first kappa shape index (κ1) is 15.1. The van der Waals surface area contributed by atoms with Crippen molar-refractivity contribution < 1.29 is 9.46 Å². The highest BCUT2D eigenvalue weighted by Crippen LogP contribution is 1.99. The molecule has 1 N–H and O–H groups in total. The van der Waals surface area contributed by atoms with Gasteiger partial charge in [0.05, 0.1) is 0 Å². The van der Waals surface area contributed by atoms with Gasteiger partial charge in [-0.1, -0.05) is 39.5 Å².